The minimum Gasteiger partial charge on any atom is -0.496 e. The lowest BCUT2D eigenvalue weighted by molar-refractivity contribution is -0.193. The van der Waals surface area contributed by atoms with Gasteiger partial charge in [0, 0.05) is 66.6 Å². The third-order valence-electron chi connectivity index (χ3n) is 12.7. The minimum absolute atomic E-state index is 0. The van der Waals surface area contributed by atoms with E-state index in [1.807, 2.05) is 68.4 Å². The maximum atomic E-state index is 8.12. The van der Waals surface area contributed by atoms with Crippen LogP contribution in [0.4, 0.5) is 29.5 Å². The Labute approximate surface area is 545 Å². The molecular weight excluding hydrogens is 1200 g/mol. The molecule has 0 saturated carbocycles. The van der Waals surface area contributed by atoms with Crippen molar-refractivity contribution in [3.05, 3.63) is 150 Å². The fourth-order valence-electron chi connectivity index (χ4n) is 8.51. The highest BCUT2D eigenvalue weighted by atomic mass is 35.5. The van der Waals surface area contributed by atoms with Crippen LogP contribution in [0, 0.1) is 24.1 Å². The molecule has 0 bridgehead atoms. The van der Waals surface area contributed by atoms with Crippen molar-refractivity contribution in [2.75, 3.05) is 68.8 Å². The predicted molar refractivity (Wildman–Crippen MR) is 355 cm³/mol. The SMILES string of the molecule is C.CCCCN.CCCCNc1nc(N)nc(CC)c1Cc1cc(CC(=N)N=N)ccc1OC.N.O=C=O.O=C=O.O=C=O.[C-]#[N+]Cc1ccc(OC)c(Cc2c(CC)nc(N)nc2NCCCC)c1.[C-]#[N+]Cc1ccc(OC)c(Cc2c(Cl)nc(N)nc2CC)c1. The predicted octanol–water partition coefficient (Wildman–Crippen LogP) is 10.9. The average molecular weight is 1290 g/mol. The number of ether oxygens (including phenoxy) is 3. The third-order valence-corrected chi connectivity index (χ3v) is 13.0. The Balaban J connectivity index is -0.00000116. The molecule has 498 valence electrons. The largest absolute Gasteiger partial charge is 0.496 e. The molecule has 0 aliphatic heterocycles. The van der Waals surface area contributed by atoms with E-state index >= 15 is 0 Å². The molecule has 3 aromatic heterocycles. The second kappa shape index (κ2) is 51.8. The van der Waals surface area contributed by atoms with Gasteiger partial charge in [-0.15, -0.1) is 5.11 Å². The number of carbonyl (C=O) groups excluding carboxylic acids is 6. The molecule has 0 unspecified atom stereocenters. The number of benzene rings is 3. The second-order valence-electron chi connectivity index (χ2n) is 18.9. The monoisotopic (exact) mass is 1290 g/mol. The van der Waals surface area contributed by atoms with Gasteiger partial charge in [0.1, 0.15) is 39.9 Å². The molecule has 92 heavy (non-hydrogen) atoms. The van der Waals surface area contributed by atoms with Crippen LogP contribution < -0.4 is 53.9 Å². The summed E-state index contributed by atoms with van der Waals surface area (Å²) in [4.78, 5) is 81.7. The fraction of sp³-hybridized carbons (Fsp3) is 0.438. The zero-order valence-electron chi connectivity index (χ0n) is 53.5. The first-order valence-electron chi connectivity index (χ1n) is 28.7. The first-order valence-corrected chi connectivity index (χ1v) is 29.1. The summed E-state index contributed by atoms with van der Waals surface area (Å²) in [5, 5.41) is 18.0. The average Bonchev–Trinajstić information content (AvgIpc) is 0.858. The fourth-order valence-corrected chi connectivity index (χ4v) is 8.77. The Morgan fingerprint density at radius 3 is 1.20 bits per heavy atom. The topological polar surface area (TPSA) is 439 Å². The third kappa shape index (κ3) is 31.9. The molecule has 0 spiro atoms. The molecule has 3 aromatic carbocycles. The van der Waals surface area contributed by atoms with Crippen LogP contribution in [0.2, 0.25) is 5.15 Å². The minimum atomic E-state index is 0. The Hall–Kier alpha value is -10.1. The van der Waals surface area contributed by atoms with Crippen molar-refractivity contribution >= 4 is 65.4 Å². The van der Waals surface area contributed by atoms with E-state index in [2.05, 4.69) is 83.0 Å². The van der Waals surface area contributed by atoms with Gasteiger partial charge in [-0.1, -0.05) is 92.0 Å². The Bertz CT molecular complexity index is 3330. The van der Waals surface area contributed by atoms with E-state index in [1.54, 1.807) is 21.3 Å². The van der Waals surface area contributed by atoms with Gasteiger partial charge in [0.25, 0.3) is 0 Å². The van der Waals surface area contributed by atoms with Gasteiger partial charge in [0.05, 0.1) is 38.4 Å². The first kappa shape index (κ1) is 86.1. The van der Waals surface area contributed by atoms with Gasteiger partial charge in [0.15, 0.2) is 0 Å². The van der Waals surface area contributed by atoms with Gasteiger partial charge in [-0.3, -0.25) is 5.41 Å². The second-order valence-corrected chi connectivity index (χ2v) is 19.2. The van der Waals surface area contributed by atoms with Gasteiger partial charge in [-0.05, 0) is 110 Å². The zero-order chi connectivity index (χ0) is 67.8. The Morgan fingerprint density at radius 2 is 0.891 bits per heavy atom. The molecule has 0 atom stereocenters. The summed E-state index contributed by atoms with van der Waals surface area (Å²) in [6.07, 6.45) is 11.7. The maximum absolute atomic E-state index is 8.12. The zero-order valence-corrected chi connectivity index (χ0v) is 54.3. The number of hydrogen-bond acceptors (Lipinski definition) is 24. The highest BCUT2D eigenvalue weighted by Gasteiger charge is 2.19. The number of amidine groups is 1. The molecule has 0 radical (unpaired) electrons. The van der Waals surface area contributed by atoms with Crippen molar-refractivity contribution in [3.8, 4) is 17.2 Å². The Morgan fingerprint density at radius 1 is 0.565 bits per heavy atom. The lowest BCUT2D eigenvalue weighted by Gasteiger charge is -2.17. The summed E-state index contributed by atoms with van der Waals surface area (Å²) < 4.78 is 16.5. The van der Waals surface area contributed by atoms with Crippen LogP contribution in [0.5, 0.6) is 17.2 Å². The number of aryl methyl sites for hydroxylation is 3. The smallest absolute Gasteiger partial charge is 0.373 e. The summed E-state index contributed by atoms with van der Waals surface area (Å²) in [6.45, 7) is 29.8. The summed E-state index contributed by atoms with van der Waals surface area (Å²) in [7, 11) is 4.92. The molecule has 3 heterocycles. The number of nitrogen functional groups attached to an aromatic ring is 3. The normalized spacial score (nSPS) is 9.32. The summed E-state index contributed by atoms with van der Waals surface area (Å²) >= 11 is 6.24. The van der Waals surface area contributed by atoms with Crippen LogP contribution in [0.1, 0.15) is 155 Å². The number of methoxy groups -OCH3 is 3. The van der Waals surface area contributed by atoms with Gasteiger partial charge in [-0.25, -0.2) is 38.6 Å². The van der Waals surface area contributed by atoms with Crippen LogP contribution in [-0.2, 0) is 86.8 Å². The summed E-state index contributed by atoms with van der Waals surface area (Å²) in [6, 6.07) is 17.4. The van der Waals surface area contributed by atoms with Crippen LogP contribution in [0.15, 0.2) is 59.7 Å². The number of aromatic nitrogens is 6. The molecule has 6 aromatic rings. The van der Waals surface area contributed by atoms with Crippen molar-refractivity contribution in [2.24, 2.45) is 10.8 Å². The number of anilines is 5. The van der Waals surface area contributed by atoms with Crippen LogP contribution in [0.25, 0.3) is 9.69 Å². The molecule has 0 fully saturated rings. The lowest BCUT2D eigenvalue weighted by atomic mass is 9.98. The molecule has 0 aliphatic carbocycles. The van der Waals surface area contributed by atoms with E-state index < -0.39 is 0 Å². The molecule has 0 aliphatic rings. The molecule has 0 saturated heterocycles. The summed E-state index contributed by atoms with van der Waals surface area (Å²) in [5.74, 6) is 4.63. The van der Waals surface area contributed by atoms with Gasteiger partial charge >= 0.3 is 18.5 Å². The van der Waals surface area contributed by atoms with Crippen LogP contribution in [-0.4, -0.2) is 95.2 Å². The van der Waals surface area contributed by atoms with Gasteiger partial charge in [-0.2, -0.15) is 38.7 Å². The summed E-state index contributed by atoms with van der Waals surface area (Å²) in [5.41, 5.74) is 40.9. The molecule has 28 heteroatoms. The van der Waals surface area contributed by atoms with Crippen LogP contribution in [0.3, 0.4) is 0 Å². The number of rotatable bonds is 26. The van der Waals surface area contributed by atoms with Crippen molar-refractivity contribution in [1.29, 1.82) is 10.9 Å². The maximum Gasteiger partial charge on any atom is 0.373 e. The quantitative estimate of drug-likeness (QED) is 0.00608. The standard InChI is InChI=1S/C20H29N7O.C20H27N5O.C16H17ClN4O.C4H11N.3CO2.CH4.H3N/c1-4-6-9-24-19-15(16(5-2)25-20(22)26-19)12-14-10-13(11-18(21)27-23)7-8-17(14)28-3;1-5-7-10-23-19-16(17(6-2)24-20(21)25-19)12-15-11-14(13-22-3)8-9-18(15)26-4;1-4-13-12(15(17)21-16(18)20-13)8-11-7-10(9-19-2)5-6-14(11)22-3;1-2-3-4-5;3*2-1-3;;/h7-8,10,21,23H,4-6,9,11-12H2,1-3H3,(H3,22,24,25,26);8-9,11H,5-7,10,12-13H2,1-2,4H3,(H3,21,23,24,25);5-7H,4,8-9H2,1,3H3,(H2,18,20,21);2-5H2,1H3;;;;1H4;1H3. The van der Waals surface area contributed by atoms with Crippen LogP contribution >= 0.6 is 11.6 Å². The number of unbranched alkanes of at least 4 members (excludes halogenated alkanes) is 3. The lowest BCUT2D eigenvalue weighted by Crippen LogP contribution is -2.13. The molecule has 6 rings (SSSR count). The van der Waals surface area contributed by atoms with E-state index in [0.717, 1.165) is 154 Å². The molecular formula is C64H91ClN18O9. The van der Waals surface area contributed by atoms with Gasteiger partial charge < -0.3 is 63.6 Å². The molecule has 0 amide bonds. The number of nitrogens with two attached hydrogens (primary N) is 4. The first-order chi connectivity index (χ1) is 43.4. The highest BCUT2D eigenvalue weighted by molar-refractivity contribution is 6.30. The van der Waals surface area contributed by atoms with E-state index in [-0.39, 0.29) is 49.8 Å². The van der Waals surface area contributed by atoms with Crippen molar-refractivity contribution < 1.29 is 43.0 Å². The van der Waals surface area contributed by atoms with E-state index in [0.29, 0.717) is 56.3 Å². The van der Waals surface area contributed by atoms with E-state index in [9.17, 15) is 0 Å². The molecule has 27 nitrogen and oxygen atoms in total. The van der Waals surface area contributed by atoms with E-state index in [1.165, 1.54) is 12.8 Å². The van der Waals surface area contributed by atoms with Crippen molar-refractivity contribution in [2.45, 2.75) is 146 Å². The highest BCUT2D eigenvalue weighted by Crippen LogP contribution is 2.32. The number of halogens is 1. The van der Waals surface area contributed by atoms with Crippen molar-refractivity contribution in [1.82, 2.24) is 36.1 Å². The van der Waals surface area contributed by atoms with Crippen molar-refractivity contribution in [3.63, 3.8) is 0 Å². The van der Waals surface area contributed by atoms with Gasteiger partial charge in [0.2, 0.25) is 30.9 Å². The number of nitrogens with one attached hydrogen (secondary N) is 4. The Kier molecular flexibility index (Phi) is 48.4. The number of hydrogen-bond donors (Lipinski definition) is 9. The number of nitrogens with zero attached hydrogens (tertiary/aromatic N) is 9. The van der Waals surface area contributed by atoms with E-state index in [4.69, 9.17) is 102 Å². The molecule has 15 N–H and O–H groups in total.